The number of ether oxygens (including phenoxy) is 2. The number of hydrogen-bond acceptors (Lipinski definition) is 5. The van der Waals surface area contributed by atoms with Gasteiger partial charge in [0.25, 0.3) is 5.91 Å². The minimum absolute atomic E-state index is 0.128. The Morgan fingerprint density at radius 2 is 2.00 bits per heavy atom. The van der Waals surface area contributed by atoms with Crippen LogP contribution in [-0.2, 0) is 9.53 Å². The molecule has 1 aromatic rings. The van der Waals surface area contributed by atoms with Crippen LogP contribution in [-0.4, -0.2) is 50.2 Å². The van der Waals surface area contributed by atoms with Crippen molar-refractivity contribution in [3.05, 3.63) is 23.9 Å². The van der Waals surface area contributed by atoms with E-state index in [1.807, 2.05) is 0 Å². The van der Waals surface area contributed by atoms with Crippen molar-refractivity contribution in [1.82, 2.24) is 15.6 Å². The standard InChI is InChI=1S/C13H19N3O4/c1-10(17)14-5-6-16-13(18)11-3-4-15-12(9-11)20-8-7-19-2/h3-4,9H,5-8H2,1-2H3,(H,14,17)(H,16,18). The number of rotatable bonds is 8. The molecular weight excluding hydrogens is 262 g/mol. The maximum atomic E-state index is 11.8. The summed E-state index contributed by atoms with van der Waals surface area (Å²) in [4.78, 5) is 26.5. The highest BCUT2D eigenvalue weighted by atomic mass is 16.5. The van der Waals surface area contributed by atoms with Gasteiger partial charge in [0, 0.05) is 44.9 Å². The molecule has 0 aromatic carbocycles. The van der Waals surface area contributed by atoms with Gasteiger partial charge in [-0.1, -0.05) is 0 Å². The van der Waals surface area contributed by atoms with E-state index < -0.39 is 0 Å². The molecule has 1 rings (SSSR count). The summed E-state index contributed by atoms with van der Waals surface area (Å²) in [6.45, 7) is 3.00. The third-order valence-electron chi connectivity index (χ3n) is 2.32. The summed E-state index contributed by atoms with van der Waals surface area (Å²) in [5.41, 5.74) is 0.454. The number of carbonyl (C=O) groups excluding carboxylic acids is 2. The van der Waals surface area contributed by atoms with Crippen molar-refractivity contribution < 1.29 is 19.1 Å². The van der Waals surface area contributed by atoms with Gasteiger partial charge in [-0.2, -0.15) is 0 Å². The molecule has 0 bridgehead atoms. The molecule has 7 nitrogen and oxygen atoms in total. The maximum absolute atomic E-state index is 11.8. The fourth-order valence-electron chi connectivity index (χ4n) is 1.38. The van der Waals surface area contributed by atoms with Crippen molar-refractivity contribution in [2.24, 2.45) is 0 Å². The number of amides is 2. The minimum Gasteiger partial charge on any atom is -0.475 e. The van der Waals surface area contributed by atoms with E-state index in [0.717, 1.165) is 0 Å². The van der Waals surface area contributed by atoms with Crippen LogP contribution in [0.25, 0.3) is 0 Å². The Morgan fingerprint density at radius 3 is 2.70 bits per heavy atom. The molecule has 0 fully saturated rings. The predicted octanol–water partition coefficient (Wildman–Crippen LogP) is -0.0273. The molecule has 1 heterocycles. The molecule has 2 N–H and O–H groups in total. The molecule has 0 aliphatic carbocycles. The highest BCUT2D eigenvalue weighted by Crippen LogP contribution is 2.09. The molecule has 0 saturated heterocycles. The number of carbonyl (C=O) groups is 2. The minimum atomic E-state index is -0.241. The quantitative estimate of drug-likeness (QED) is 0.653. The Hall–Kier alpha value is -2.15. The fraction of sp³-hybridized carbons (Fsp3) is 0.462. The van der Waals surface area contributed by atoms with Crippen molar-refractivity contribution in [3.63, 3.8) is 0 Å². The molecule has 110 valence electrons. The third-order valence-corrected chi connectivity index (χ3v) is 2.32. The van der Waals surface area contributed by atoms with E-state index in [2.05, 4.69) is 15.6 Å². The molecule has 20 heavy (non-hydrogen) atoms. The number of pyridine rings is 1. The normalized spacial score (nSPS) is 9.90. The molecule has 0 aliphatic heterocycles. The van der Waals surface area contributed by atoms with Crippen LogP contribution in [0.3, 0.4) is 0 Å². The molecule has 0 spiro atoms. The summed E-state index contributed by atoms with van der Waals surface area (Å²) in [6, 6.07) is 3.15. The molecule has 0 unspecified atom stereocenters. The monoisotopic (exact) mass is 281 g/mol. The highest BCUT2D eigenvalue weighted by Gasteiger charge is 2.07. The van der Waals surface area contributed by atoms with Gasteiger partial charge in [-0.15, -0.1) is 0 Å². The summed E-state index contributed by atoms with van der Waals surface area (Å²) in [5, 5.41) is 5.28. The molecule has 0 saturated carbocycles. The van der Waals surface area contributed by atoms with E-state index in [-0.39, 0.29) is 11.8 Å². The first kappa shape index (κ1) is 15.9. The summed E-state index contributed by atoms with van der Waals surface area (Å²) in [6.07, 6.45) is 1.50. The molecule has 1 aromatic heterocycles. The van der Waals surface area contributed by atoms with Crippen LogP contribution >= 0.6 is 0 Å². The van der Waals surface area contributed by atoms with Gasteiger partial charge >= 0.3 is 0 Å². The fourth-order valence-corrected chi connectivity index (χ4v) is 1.38. The molecular formula is C13H19N3O4. The summed E-state index contributed by atoms with van der Waals surface area (Å²) >= 11 is 0. The zero-order chi connectivity index (χ0) is 14.8. The largest absolute Gasteiger partial charge is 0.475 e. The average Bonchev–Trinajstić information content (AvgIpc) is 2.44. The van der Waals surface area contributed by atoms with E-state index in [9.17, 15) is 9.59 Å². The zero-order valence-electron chi connectivity index (χ0n) is 11.6. The van der Waals surface area contributed by atoms with Crippen molar-refractivity contribution in [1.29, 1.82) is 0 Å². The highest BCUT2D eigenvalue weighted by molar-refractivity contribution is 5.94. The lowest BCUT2D eigenvalue weighted by Gasteiger charge is -2.08. The van der Waals surface area contributed by atoms with Gasteiger partial charge in [0.1, 0.15) is 6.61 Å². The van der Waals surface area contributed by atoms with E-state index in [4.69, 9.17) is 9.47 Å². The summed E-state index contributed by atoms with van der Waals surface area (Å²) in [5.74, 6) is 0.00268. The number of nitrogens with zero attached hydrogens (tertiary/aromatic N) is 1. The van der Waals surface area contributed by atoms with Crippen molar-refractivity contribution >= 4 is 11.8 Å². The lowest BCUT2D eigenvalue weighted by molar-refractivity contribution is -0.118. The Bertz CT molecular complexity index is 451. The Kier molecular flexibility index (Phi) is 7.05. The van der Waals surface area contributed by atoms with E-state index in [1.165, 1.54) is 13.1 Å². The molecule has 0 atom stereocenters. The van der Waals surface area contributed by atoms with Crippen molar-refractivity contribution in [3.8, 4) is 5.88 Å². The van der Waals surface area contributed by atoms with Crippen molar-refractivity contribution in [2.45, 2.75) is 6.92 Å². The molecule has 7 heteroatoms. The Labute approximate surface area is 117 Å². The van der Waals surface area contributed by atoms with Crippen LogP contribution in [0.15, 0.2) is 18.3 Å². The van der Waals surface area contributed by atoms with E-state index >= 15 is 0 Å². The smallest absolute Gasteiger partial charge is 0.251 e. The van der Waals surface area contributed by atoms with Crippen LogP contribution in [0.4, 0.5) is 0 Å². The number of aromatic nitrogens is 1. The van der Waals surface area contributed by atoms with Gasteiger partial charge in [-0.05, 0) is 6.07 Å². The van der Waals surface area contributed by atoms with Gasteiger partial charge in [-0.25, -0.2) is 4.98 Å². The number of methoxy groups -OCH3 is 1. The second-order valence-corrected chi connectivity index (χ2v) is 3.96. The SMILES string of the molecule is COCCOc1cc(C(=O)NCCNC(C)=O)ccn1. The topological polar surface area (TPSA) is 89.5 Å². The third kappa shape index (κ3) is 6.14. The van der Waals surface area contributed by atoms with Gasteiger partial charge in [0.05, 0.1) is 6.61 Å². The number of hydrogen-bond donors (Lipinski definition) is 2. The molecule has 2 amide bonds. The van der Waals surface area contributed by atoms with Crippen molar-refractivity contribution in [2.75, 3.05) is 33.4 Å². The van der Waals surface area contributed by atoms with E-state index in [0.29, 0.717) is 37.7 Å². The lowest BCUT2D eigenvalue weighted by Crippen LogP contribution is -2.33. The van der Waals surface area contributed by atoms with Gasteiger partial charge in [0.2, 0.25) is 11.8 Å². The van der Waals surface area contributed by atoms with Crippen LogP contribution in [0.5, 0.6) is 5.88 Å². The molecule has 0 radical (unpaired) electrons. The second kappa shape index (κ2) is 8.87. The first-order valence-electron chi connectivity index (χ1n) is 6.24. The zero-order valence-corrected chi connectivity index (χ0v) is 11.6. The van der Waals surface area contributed by atoms with Crippen LogP contribution in [0, 0.1) is 0 Å². The second-order valence-electron chi connectivity index (χ2n) is 3.96. The Morgan fingerprint density at radius 1 is 1.25 bits per heavy atom. The average molecular weight is 281 g/mol. The Balaban J connectivity index is 2.42. The predicted molar refractivity (Wildman–Crippen MR) is 72.6 cm³/mol. The van der Waals surface area contributed by atoms with Gasteiger partial charge in [0.15, 0.2) is 0 Å². The summed E-state index contributed by atoms with van der Waals surface area (Å²) in [7, 11) is 1.58. The number of nitrogens with one attached hydrogen (secondary N) is 2. The van der Waals surface area contributed by atoms with Gasteiger partial charge in [-0.3, -0.25) is 9.59 Å². The molecule has 0 aliphatic rings. The van der Waals surface area contributed by atoms with Crippen LogP contribution in [0.2, 0.25) is 0 Å². The lowest BCUT2D eigenvalue weighted by atomic mass is 10.2. The first-order chi connectivity index (χ1) is 9.63. The maximum Gasteiger partial charge on any atom is 0.251 e. The summed E-state index contributed by atoms with van der Waals surface area (Å²) < 4.78 is 10.2. The van der Waals surface area contributed by atoms with Crippen LogP contribution in [0.1, 0.15) is 17.3 Å². The van der Waals surface area contributed by atoms with E-state index in [1.54, 1.807) is 19.2 Å². The first-order valence-corrected chi connectivity index (χ1v) is 6.24. The van der Waals surface area contributed by atoms with Gasteiger partial charge < -0.3 is 20.1 Å². The van der Waals surface area contributed by atoms with Crippen LogP contribution < -0.4 is 15.4 Å².